The summed E-state index contributed by atoms with van der Waals surface area (Å²) in [6.07, 6.45) is 2.03. The van der Waals surface area contributed by atoms with Gasteiger partial charge in [0.15, 0.2) is 18.1 Å². The van der Waals surface area contributed by atoms with Crippen molar-refractivity contribution >= 4 is 17.6 Å². The highest BCUT2D eigenvalue weighted by molar-refractivity contribution is 6.15. The largest absolute Gasteiger partial charge is 0.503 e. The van der Waals surface area contributed by atoms with Crippen LogP contribution in [0, 0.1) is 0 Å². The first-order chi connectivity index (χ1) is 16.5. The monoisotopic (exact) mass is 469 g/mol. The smallest absolute Gasteiger partial charge is 0.290 e. The molecule has 2 aliphatic heterocycles. The third kappa shape index (κ3) is 5.13. The predicted molar refractivity (Wildman–Crippen MR) is 120 cm³/mol. The SMILES string of the molecule is NC(=O)COc1ccc(C2C(C(=O)c3ccco3)=C(O)C(=O)N2CCCN2CCOCC2)cc1. The van der Waals surface area contributed by atoms with E-state index in [4.69, 9.17) is 19.6 Å². The number of nitrogens with zero attached hydrogens (tertiary/aromatic N) is 2. The van der Waals surface area contributed by atoms with Crippen LogP contribution in [-0.4, -0.2) is 78.5 Å². The Bertz CT molecular complexity index is 1060. The number of carbonyl (C=O) groups excluding carboxylic acids is 3. The summed E-state index contributed by atoms with van der Waals surface area (Å²) in [5, 5.41) is 10.7. The number of rotatable bonds is 10. The Balaban J connectivity index is 1.57. The van der Waals surface area contributed by atoms with Crippen LogP contribution >= 0.6 is 0 Å². The van der Waals surface area contributed by atoms with Gasteiger partial charge in [-0.15, -0.1) is 0 Å². The molecule has 10 nitrogen and oxygen atoms in total. The molecule has 3 N–H and O–H groups in total. The Kier molecular flexibility index (Phi) is 7.29. The fourth-order valence-corrected chi connectivity index (χ4v) is 4.19. The molecule has 1 atom stereocenters. The Morgan fingerprint density at radius 1 is 1.12 bits per heavy atom. The summed E-state index contributed by atoms with van der Waals surface area (Å²) in [7, 11) is 0. The molecule has 0 bridgehead atoms. The van der Waals surface area contributed by atoms with Gasteiger partial charge in [0.1, 0.15) is 5.75 Å². The second kappa shape index (κ2) is 10.5. The molecular formula is C24H27N3O7. The summed E-state index contributed by atoms with van der Waals surface area (Å²) in [6, 6.07) is 8.90. The van der Waals surface area contributed by atoms with Crippen molar-refractivity contribution in [2.24, 2.45) is 5.73 Å². The molecule has 180 valence electrons. The van der Waals surface area contributed by atoms with Gasteiger partial charge in [-0.3, -0.25) is 19.3 Å². The van der Waals surface area contributed by atoms with Crippen LogP contribution in [0.3, 0.4) is 0 Å². The molecule has 1 aromatic heterocycles. The highest BCUT2D eigenvalue weighted by Crippen LogP contribution is 2.39. The van der Waals surface area contributed by atoms with E-state index >= 15 is 0 Å². The number of aliphatic hydroxyl groups is 1. The van der Waals surface area contributed by atoms with Crippen LogP contribution in [0.2, 0.25) is 0 Å². The van der Waals surface area contributed by atoms with Gasteiger partial charge >= 0.3 is 0 Å². The van der Waals surface area contributed by atoms with Gasteiger partial charge in [0, 0.05) is 26.2 Å². The normalized spacial score (nSPS) is 19.0. The van der Waals surface area contributed by atoms with Gasteiger partial charge in [-0.05, 0) is 36.2 Å². The number of hydrogen-bond acceptors (Lipinski definition) is 8. The van der Waals surface area contributed by atoms with Crippen LogP contribution in [0.15, 0.2) is 58.4 Å². The molecule has 2 amide bonds. The molecule has 2 aromatic rings. The molecule has 0 saturated carbocycles. The van der Waals surface area contributed by atoms with Crippen molar-refractivity contribution in [2.75, 3.05) is 46.0 Å². The summed E-state index contributed by atoms with van der Waals surface area (Å²) in [5.74, 6) is -1.88. The van der Waals surface area contributed by atoms with Gasteiger partial charge in [0.2, 0.25) is 5.78 Å². The Morgan fingerprint density at radius 2 is 1.85 bits per heavy atom. The first-order valence-electron chi connectivity index (χ1n) is 11.1. The lowest BCUT2D eigenvalue weighted by molar-refractivity contribution is -0.129. The van der Waals surface area contributed by atoms with Crippen LogP contribution in [0.25, 0.3) is 0 Å². The zero-order valence-corrected chi connectivity index (χ0v) is 18.6. The van der Waals surface area contributed by atoms with Crippen molar-refractivity contribution in [3.05, 3.63) is 65.3 Å². The number of nitrogens with two attached hydrogens (primary N) is 1. The van der Waals surface area contributed by atoms with E-state index in [1.54, 1.807) is 30.3 Å². The maximum Gasteiger partial charge on any atom is 0.290 e. The second-order valence-electron chi connectivity index (χ2n) is 8.10. The van der Waals surface area contributed by atoms with E-state index in [-0.39, 0.29) is 17.9 Å². The number of aliphatic hydroxyl groups excluding tert-OH is 1. The van der Waals surface area contributed by atoms with Crippen molar-refractivity contribution < 1.29 is 33.4 Å². The molecule has 1 fully saturated rings. The second-order valence-corrected chi connectivity index (χ2v) is 8.10. The number of amides is 2. The van der Waals surface area contributed by atoms with Crippen LogP contribution in [-0.2, 0) is 14.3 Å². The van der Waals surface area contributed by atoms with Crippen molar-refractivity contribution in [1.29, 1.82) is 0 Å². The molecule has 3 heterocycles. The van der Waals surface area contributed by atoms with E-state index in [0.29, 0.717) is 37.5 Å². The first kappa shape index (κ1) is 23.5. The minimum absolute atomic E-state index is 0.0304. The third-order valence-electron chi connectivity index (χ3n) is 5.85. The van der Waals surface area contributed by atoms with Gasteiger partial charge in [-0.2, -0.15) is 0 Å². The predicted octanol–water partition coefficient (Wildman–Crippen LogP) is 1.44. The highest BCUT2D eigenvalue weighted by Gasteiger charge is 2.44. The topological polar surface area (TPSA) is 136 Å². The van der Waals surface area contributed by atoms with Crippen LogP contribution < -0.4 is 10.5 Å². The molecule has 0 spiro atoms. The minimum Gasteiger partial charge on any atom is -0.503 e. The summed E-state index contributed by atoms with van der Waals surface area (Å²) < 4.78 is 15.9. The van der Waals surface area contributed by atoms with Crippen LogP contribution in [0.4, 0.5) is 0 Å². The van der Waals surface area contributed by atoms with E-state index in [0.717, 1.165) is 19.6 Å². The first-order valence-corrected chi connectivity index (χ1v) is 11.1. The quantitative estimate of drug-likeness (QED) is 0.499. The van der Waals surface area contributed by atoms with Crippen molar-refractivity contribution in [3.63, 3.8) is 0 Å². The number of ketones is 1. The molecule has 0 radical (unpaired) electrons. The van der Waals surface area contributed by atoms with E-state index in [9.17, 15) is 19.5 Å². The number of primary amides is 1. The van der Waals surface area contributed by atoms with Gasteiger partial charge in [-0.25, -0.2) is 0 Å². The van der Waals surface area contributed by atoms with E-state index < -0.39 is 29.4 Å². The summed E-state index contributed by atoms with van der Waals surface area (Å²) in [6.45, 7) is 3.87. The van der Waals surface area contributed by atoms with Crippen molar-refractivity contribution in [1.82, 2.24) is 9.80 Å². The lowest BCUT2D eigenvalue weighted by atomic mass is 9.95. The average Bonchev–Trinajstić information content (AvgIpc) is 3.47. The maximum absolute atomic E-state index is 13.2. The van der Waals surface area contributed by atoms with E-state index in [1.807, 2.05) is 0 Å². The third-order valence-corrected chi connectivity index (χ3v) is 5.85. The molecule has 34 heavy (non-hydrogen) atoms. The lowest BCUT2D eigenvalue weighted by Gasteiger charge is -2.30. The number of morpholine rings is 1. The summed E-state index contributed by atoms with van der Waals surface area (Å²) >= 11 is 0. The van der Waals surface area contributed by atoms with Gasteiger partial charge in [0.25, 0.3) is 11.8 Å². The van der Waals surface area contributed by atoms with Crippen molar-refractivity contribution in [2.45, 2.75) is 12.5 Å². The molecule has 1 saturated heterocycles. The molecule has 10 heteroatoms. The number of carbonyl (C=O) groups is 3. The van der Waals surface area contributed by atoms with Crippen LogP contribution in [0.5, 0.6) is 5.75 Å². The highest BCUT2D eigenvalue weighted by atomic mass is 16.5. The van der Waals surface area contributed by atoms with Gasteiger partial charge in [-0.1, -0.05) is 12.1 Å². The Morgan fingerprint density at radius 3 is 2.50 bits per heavy atom. The molecular weight excluding hydrogens is 442 g/mol. The number of furan rings is 1. The Labute approximate surface area is 196 Å². The maximum atomic E-state index is 13.2. The number of hydrogen-bond donors (Lipinski definition) is 2. The fourth-order valence-electron chi connectivity index (χ4n) is 4.19. The number of Topliss-reactive ketones (excluding diaryl/α,β-unsaturated/α-hetero) is 1. The molecule has 1 aromatic carbocycles. The van der Waals surface area contributed by atoms with Crippen LogP contribution in [0.1, 0.15) is 28.6 Å². The zero-order chi connectivity index (χ0) is 24.1. The number of benzene rings is 1. The lowest BCUT2D eigenvalue weighted by Crippen LogP contribution is -2.39. The Hall–Kier alpha value is -3.63. The van der Waals surface area contributed by atoms with Crippen molar-refractivity contribution in [3.8, 4) is 5.75 Å². The van der Waals surface area contributed by atoms with E-state index in [2.05, 4.69) is 4.90 Å². The average molecular weight is 469 g/mol. The molecule has 1 unspecified atom stereocenters. The van der Waals surface area contributed by atoms with Gasteiger partial charge < -0.3 is 29.6 Å². The number of ether oxygens (including phenoxy) is 2. The molecule has 2 aliphatic rings. The molecule has 0 aliphatic carbocycles. The van der Waals surface area contributed by atoms with E-state index in [1.165, 1.54) is 17.2 Å². The summed E-state index contributed by atoms with van der Waals surface area (Å²) in [4.78, 5) is 40.9. The summed E-state index contributed by atoms with van der Waals surface area (Å²) in [5.41, 5.74) is 5.70. The van der Waals surface area contributed by atoms with Gasteiger partial charge in [0.05, 0.1) is 31.1 Å². The fraction of sp³-hybridized carbons (Fsp3) is 0.375. The minimum atomic E-state index is -0.792. The zero-order valence-electron chi connectivity index (χ0n) is 18.6. The molecule has 4 rings (SSSR count). The standard InChI is InChI=1S/C24H27N3O7/c25-19(28)15-34-17-6-4-16(5-7-17)21-20(22(29)18-3-1-12-33-18)23(30)24(31)27(21)9-2-8-26-10-13-32-14-11-26/h1,3-7,12,21,30H,2,8-11,13-15H2,(H2,25,28).